The second-order valence-corrected chi connectivity index (χ2v) is 5.96. The molecule has 112 valence electrons. The van der Waals surface area contributed by atoms with E-state index >= 15 is 0 Å². The SMILES string of the molecule is O=C(C(=O)N1CCN(C2CC2)CC1)N1CCCNCC1. The summed E-state index contributed by atoms with van der Waals surface area (Å²) in [4.78, 5) is 30.5. The number of rotatable bonds is 1. The van der Waals surface area contributed by atoms with Crippen LogP contribution in [0.3, 0.4) is 0 Å². The van der Waals surface area contributed by atoms with Crippen molar-refractivity contribution in [1.82, 2.24) is 20.0 Å². The summed E-state index contributed by atoms with van der Waals surface area (Å²) in [6.07, 6.45) is 3.52. The molecule has 2 aliphatic heterocycles. The molecule has 0 radical (unpaired) electrons. The Morgan fingerprint density at radius 2 is 1.45 bits per heavy atom. The van der Waals surface area contributed by atoms with Gasteiger partial charge in [-0.3, -0.25) is 14.5 Å². The van der Waals surface area contributed by atoms with Gasteiger partial charge in [0.25, 0.3) is 0 Å². The van der Waals surface area contributed by atoms with Gasteiger partial charge in [-0.1, -0.05) is 0 Å². The standard InChI is InChI=1S/C14H24N4O2/c19-13(17-6-1-4-15-5-7-17)14(20)18-10-8-16(9-11-18)12-2-3-12/h12,15H,1-11H2. The summed E-state index contributed by atoms with van der Waals surface area (Å²) in [5.74, 6) is -0.615. The molecular weight excluding hydrogens is 256 g/mol. The van der Waals surface area contributed by atoms with Gasteiger partial charge < -0.3 is 15.1 Å². The first-order valence-corrected chi connectivity index (χ1v) is 7.78. The third-order valence-electron chi connectivity index (χ3n) is 4.47. The molecule has 3 aliphatic rings. The predicted octanol–water partition coefficient (Wildman–Crippen LogP) is -0.885. The average Bonchev–Trinajstić information content (AvgIpc) is 3.32. The lowest BCUT2D eigenvalue weighted by molar-refractivity contribution is -0.152. The van der Waals surface area contributed by atoms with Crippen molar-refractivity contribution < 1.29 is 9.59 Å². The highest BCUT2D eigenvalue weighted by Gasteiger charge is 2.34. The van der Waals surface area contributed by atoms with Gasteiger partial charge in [-0.15, -0.1) is 0 Å². The molecule has 0 spiro atoms. The van der Waals surface area contributed by atoms with Gasteiger partial charge in [-0.25, -0.2) is 0 Å². The minimum absolute atomic E-state index is 0.303. The van der Waals surface area contributed by atoms with Crippen molar-refractivity contribution in [3.8, 4) is 0 Å². The number of carbonyl (C=O) groups excluding carboxylic acids is 2. The number of nitrogens with zero attached hydrogens (tertiary/aromatic N) is 3. The lowest BCUT2D eigenvalue weighted by atomic mass is 10.3. The van der Waals surface area contributed by atoms with E-state index in [2.05, 4.69) is 10.2 Å². The molecule has 2 saturated heterocycles. The summed E-state index contributed by atoms with van der Waals surface area (Å²) < 4.78 is 0. The fourth-order valence-corrected chi connectivity index (χ4v) is 3.05. The number of hydrogen-bond donors (Lipinski definition) is 1. The first-order chi connectivity index (χ1) is 9.75. The minimum atomic E-state index is -0.312. The Labute approximate surface area is 120 Å². The van der Waals surface area contributed by atoms with Crippen LogP contribution in [0.2, 0.25) is 0 Å². The second kappa shape index (κ2) is 6.10. The quantitative estimate of drug-likeness (QED) is 0.634. The fraction of sp³-hybridized carbons (Fsp3) is 0.857. The Kier molecular flexibility index (Phi) is 4.21. The lowest BCUT2D eigenvalue weighted by Crippen LogP contribution is -2.54. The van der Waals surface area contributed by atoms with E-state index in [1.165, 1.54) is 12.8 Å². The Bertz CT molecular complexity index is 367. The van der Waals surface area contributed by atoms with E-state index in [0.29, 0.717) is 26.2 Å². The molecule has 2 amide bonds. The summed E-state index contributed by atoms with van der Waals surface area (Å²) in [6, 6.07) is 0.750. The van der Waals surface area contributed by atoms with Crippen LogP contribution in [0.5, 0.6) is 0 Å². The van der Waals surface area contributed by atoms with Crippen molar-refractivity contribution in [2.45, 2.75) is 25.3 Å². The van der Waals surface area contributed by atoms with Gasteiger partial charge in [0.05, 0.1) is 0 Å². The fourth-order valence-electron chi connectivity index (χ4n) is 3.05. The topological polar surface area (TPSA) is 55.9 Å². The molecule has 2 heterocycles. The maximum atomic E-state index is 12.3. The molecule has 0 aromatic heterocycles. The highest BCUT2D eigenvalue weighted by atomic mass is 16.2. The molecule has 6 heteroatoms. The summed E-state index contributed by atoms with van der Waals surface area (Å²) in [5.41, 5.74) is 0. The number of amides is 2. The minimum Gasteiger partial charge on any atom is -0.333 e. The van der Waals surface area contributed by atoms with Crippen molar-refractivity contribution in [3.63, 3.8) is 0 Å². The molecule has 3 rings (SSSR count). The third kappa shape index (κ3) is 3.12. The van der Waals surface area contributed by atoms with Crippen molar-refractivity contribution in [3.05, 3.63) is 0 Å². The normalized spacial score (nSPS) is 25.4. The van der Waals surface area contributed by atoms with Crippen LogP contribution in [0.1, 0.15) is 19.3 Å². The number of hydrogen-bond acceptors (Lipinski definition) is 4. The van der Waals surface area contributed by atoms with Crippen molar-refractivity contribution in [2.24, 2.45) is 0 Å². The Morgan fingerprint density at radius 3 is 2.10 bits per heavy atom. The molecule has 1 N–H and O–H groups in total. The van der Waals surface area contributed by atoms with Gasteiger partial charge in [0.1, 0.15) is 0 Å². The second-order valence-electron chi connectivity index (χ2n) is 5.96. The van der Waals surface area contributed by atoms with E-state index in [-0.39, 0.29) is 11.8 Å². The van der Waals surface area contributed by atoms with Gasteiger partial charge in [-0.2, -0.15) is 0 Å². The van der Waals surface area contributed by atoms with Crippen molar-refractivity contribution in [1.29, 1.82) is 0 Å². The molecular formula is C14H24N4O2. The molecule has 3 fully saturated rings. The highest BCUT2D eigenvalue weighted by molar-refractivity contribution is 6.34. The summed E-state index contributed by atoms with van der Waals surface area (Å²) in [6.45, 7) is 6.30. The van der Waals surface area contributed by atoms with Gasteiger partial charge in [-0.05, 0) is 25.8 Å². The zero-order chi connectivity index (χ0) is 13.9. The molecule has 0 aromatic rings. The largest absolute Gasteiger partial charge is 0.333 e. The highest BCUT2D eigenvalue weighted by Crippen LogP contribution is 2.27. The van der Waals surface area contributed by atoms with Crippen LogP contribution in [-0.4, -0.2) is 84.9 Å². The average molecular weight is 280 g/mol. The van der Waals surface area contributed by atoms with E-state index in [4.69, 9.17) is 0 Å². The number of piperazine rings is 1. The van der Waals surface area contributed by atoms with Crippen molar-refractivity contribution in [2.75, 3.05) is 52.4 Å². The third-order valence-corrected chi connectivity index (χ3v) is 4.47. The molecule has 0 unspecified atom stereocenters. The molecule has 0 bridgehead atoms. The Balaban J connectivity index is 1.51. The summed E-state index contributed by atoms with van der Waals surface area (Å²) in [7, 11) is 0. The van der Waals surface area contributed by atoms with E-state index in [1.807, 2.05) is 0 Å². The van der Waals surface area contributed by atoms with Crippen LogP contribution in [-0.2, 0) is 9.59 Å². The van der Waals surface area contributed by atoms with E-state index in [0.717, 1.165) is 38.6 Å². The first kappa shape index (κ1) is 13.8. The van der Waals surface area contributed by atoms with E-state index < -0.39 is 0 Å². The van der Waals surface area contributed by atoms with Crippen LogP contribution in [0, 0.1) is 0 Å². The van der Waals surface area contributed by atoms with Gasteiger partial charge in [0.15, 0.2) is 0 Å². The molecule has 0 aromatic carbocycles. The zero-order valence-electron chi connectivity index (χ0n) is 12.0. The van der Waals surface area contributed by atoms with Crippen LogP contribution in [0.15, 0.2) is 0 Å². The van der Waals surface area contributed by atoms with Crippen LogP contribution >= 0.6 is 0 Å². The number of carbonyl (C=O) groups is 2. The smallest absolute Gasteiger partial charge is 0.312 e. The zero-order valence-corrected chi connectivity index (χ0v) is 12.0. The summed E-state index contributed by atoms with van der Waals surface area (Å²) >= 11 is 0. The predicted molar refractivity (Wildman–Crippen MR) is 75.2 cm³/mol. The Morgan fingerprint density at radius 1 is 0.800 bits per heavy atom. The molecule has 6 nitrogen and oxygen atoms in total. The monoisotopic (exact) mass is 280 g/mol. The summed E-state index contributed by atoms with van der Waals surface area (Å²) in [5, 5.41) is 3.25. The van der Waals surface area contributed by atoms with Crippen molar-refractivity contribution >= 4 is 11.8 Å². The van der Waals surface area contributed by atoms with E-state index in [9.17, 15) is 9.59 Å². The molecule has 1 saturated carbocycles. The van der Waals surface area contributed by atoms with Gasteiger partial charge >= 0.3 is 11.8 Å². The lowest BCUT2D eigenvalue weighted by Gasteiger charge is -2.35. The molecule has 20 heavy (non-hydrogen) atoms. The van der Waals surface area contributed by atoms with Crippen LogP contribution in [0.25, 0.3) is 0 Å². The maximum Gasteiger partial charge on any atom is 0.312 e. The van der Waals surface area contributed by atoms with Gasteiger partial charge in [0.2, 0.25) is 0 Å². The van der Waals surface area contributed by atoms with E-state index in [1.54, 1.807) is 9.80 Å². The van der Waals surface area contributed by atoms with Crippen LogP contribution in [0.4, 0.5) is 0 Å². The van der Waals surface area contributed by atoms with Gasteiger partial charge in [0, 0.05) is 51.9 Å². The number of nitrogens with one attached hydrogen (secondary N) is 1. The Hall–Kier alpha value is -1.14. The molecule has 0 atom stereocenters. The maximum absolute atomic E-state index is 12.3. The molecule has 1 aliphatic carbocycles. The van der Waals surface area contributed by atoms with Crippen LogP contribution < -0.4 is 5.32 Å². The first-order valence-electron chi connectivity index (χ1n) is 7.78.